The molecule has 1 heterocycles. The first kappa shape index (κ1) is 14.9. The zero-order valence-electron chi connectivity index (χ0n) is 12.6. The van der Waals surface area contributed by atoms with Crippen LogP contribution in [0.3, 0.4) is 0 Å². The highest BCUT2D eigenvalue weighted by molar-refractivity contribution is 7.92. The van der Waals surface area contributed by atoms with Gasteiger partial charge in [-0.2, -0.15) is 0 Å². The van der Waals surface area contributed by atoms with Crippen molar-refractivity contribution in [2.24, 2.45) is 0 Å². The van der Waals surface area contributed by atoms with E-state index in [9.17, 15) is 8.42 Å². The zero-order valence-corrected chi connectivity index (χ0v) is 13.4. The molecule has 0 spiro atoms. The normalized spacial score (nSPS) is 14.5. The Balaban J connectivity index is 1.85. The lowest BCUT2D eigenvalue weighted by atomic mass is 10.0. The van der Waals surface area contributed by atoms with E-state index < -0.39 is 10.0 Å². The smallest absolute Gasteiger partial charge is 0.232 e. The van der Waals surface area contributed by atoms with Crippen molar-refractivity contribution in [3.63, 3.8) is 0 Å². The second kappa shape index (κ2) is 6.01. The average Bonchev–Trinajstić information content (AvgIpc) is 2.55. The van der Waals surface area contributed by atoms with E-state index in [4.69, 9.17) is 0 Å². The van der Waals surface area contributed by atoms with Gasteiger partial charge in [0.25, 0.3) is 0 Å². The Hall–Kier alpha value is -2.01. The van der Waals surface area contributed by atoms with Gasteiger partial charge in [-0.05, 0) is 55.7 Å². The van der Waals surface area contributed by atoms with Crippen LogP contribution in [0, 0.1) is 0 Å². The molecule has 116 valence electrons. The summed E-state index contributed by atoms with van der Waals surface area (Å²) in [4.78, 5) is 2.29. The third-order valence-electron chi connectivity index (χ3n) is 3.94. The van der Waals surface area contributed by atoms with Crippen molar-refractivity contribution in [1.29, 1.82) is 0 Å². The van der Waals surface area contributed by atoms with Crippen LogP contribution in [0.15, 0.2) is 48.5 Å². The largest absolute Gasteiger partial charge is 0.341 e. The number of rotatable bonds is 4. The number of sulfonamides is 1. The molecule has 0 fully saturated rings. The number of nitrogens with one attached hydrogen (secondary N) is 1. The van der Waals surface area contributed by atoms with E-state index in [1.807, 2.05) is 24.3 Å². The van der Waals surface area contributed by atoms with Crippen molar-refractivity contribution < 1.29 is 8.42 Å². The van der Waals surface area contributed by atoms with E-state index in [1.165, 1.54) is 11.3 Å². The highest BCUT2D eigenvalue weighted by Crippen LogP contribution is 2.33. The molecule has 2 aromatic rings. The van der Waals surface area contributed by atoms with Gasteiger partial charge in [-0.15, -0.1) is 0 Å². The van der Waals surface area contributed by atoms with Gasteiger partial charge in [0.1, 0.15) is 0 Å². The van der Waals surface area contributed by atoms with Gasteiger partial charge < -0.3 is 4.90 Å². The van der Waals surface area contributed by atoms with Crippen LogP contribution in [-0.2, 0) is 16.4 Å². The molecule has 2 aromatic carbocycles. The third-order valence-corrected chi connectivity index (χ3v) is 5.25. The number of aryl methyl sites for hydroxylation is 1. The number of anilines is 3. The van der Waals surface area contributed by atoms with Crippen molar-refractivity contribution in [1.82, 2.24) is 0 Å². The van der Waals surface area contributed by atoms with Crippen LogP contribution in [0.5, 0.6) is 0 Å². The van der Waals surface area contributed by atoms with Crippen LogP contribution < -0.4 is 9.62 Å². The Morgan fingerprint density at radius 3 is 2.55 bits per heavy atom. The van der Waals surface area contributed by atoms with E-state index in [-0.39, 0.29) is 5.75 Å². The lowest BCUT2D eigenvalue weighted by Gasteiger charge is -2.31. The maximum absolute atomic E-state index is 11.6. The summed E-state index contributed by atoms with van der Waals surface area (Å²) in [5, 5.41) is 0. The molecule has 0 bridgehead atoms. The van der Waals surface area contributed by atoms with Gasteiger partial charge in [0.15, 0.2) is 0 Å². The van der Waals surface area contributed by atoms with Crippen LogP contribution in [0.2, 0.25) is 0 Å². The molecule has 0 saturated carbocycles. The van der Waals surface area contributed by atoms with Gasteiger partial charge in [0, 0.05) is 23.6 Å². The summed E-state index contributed by atoms with van der Waals surface area (Å²) in [5.74, 6) is 0.0776. The SMILES string of the molecule is CCS(=O)(=O)Nc1ccc(N2CCCc3ccccc32)cc1. The van der Waals surface area contributed by atoms with Crippen LogP contribution >= 0.6 is 0 Å². The highest BCUT2D eigenvalue weighted by atomic mass is 32.2. The lowest BCUT2D eigenvalue weighted by molar-refractivity contribution is 0.602. The first-order valence-corrected chi connectivity index (χ1v) is 9.20. The molecule has 0 aromatic heterocycles. The van der Waals surface area contributed by atoms with Crippen molar-refractivity contribution >= 4 is 27.1 Å². The maximum Gasteiger partial charge on any atom is 0.232 e. The molecule has 0 radical (unpaired) electrons. The number of para-hydroxylation sites is 1. The maximum atomic E-state index is 11.6. The van der Waals surface area contributed by atoms with Gasteiger partial charge in [-0.3, -0.25) is 4.72 Å². The molecule has 0 unspecified atom stereocenters. The van der Waals surface area contributed by atoms with Crippen molar-refractivity contribution in [3.8, 4) is 0 Å². The molecule has 0 aliphatic carbocycles. The van der Waals surface area contributed by atoms with E-state index >= 15 is 0 Å². The second-order valence-corrected chi connectivity index (χ2v) is 7.45. The first-order valence-electron chi connectivity index (χ1n) is 7.55. The number of fused-ring (bicyclic) bond motifs is 1. The molecule has 3 rings (SSSR count). The fourth-order valence-electron chi connectivity index (χ4n) is 2.76. The number of hydrogen-bond acceptors (Lipinski definition) is 3. The van der Waals surface area contributed by atoms with Gasteiger partial charge >= 0.3 is 0 Å². The van der Waals surface area contributed by atoms with E-state index in [2.05, 4.69) is 33.9 Å². The van der Waals surface area contributed by atoms with Crippen LogP contribution in [0.4, 0.5) is 17.1 Å². The van der Waals surface area contributed by atoms with Gasteiger partial charge in [-0.25, -0.2) is 8.42 Å². The average molecular weight is 316 g/mol. The fourth-order valence-corrected chi connectivity index (χ4v) is 3.40. The third kappa shape index (κ3) is 3.09. The molecule has 4 nitrogen and oxygen atoms in total. The summed E-state index contributed by atoms with van der Waals surface area (Å²) < 4.78 is 25.8. The Kier molecular flexibility index (Phi) is 4.07. The fraction of sp³-hybridized carbons (Fsp3) is 0.294. The summed E-state index contributed by atoms with van der Waals surface area (Å²) in [7, 11) is -3.22. The topological polar surface area (TPSA) is 49.4 Å². The molecule has 0 saturated heterocycles. The molecule has 1 aliphatic heterocycles. The summed E-state index contributed by atoms with van der Waals surface area (Å²) >= 11 is 0. The minimum atomic E-state index is -3.22. The highest BCUT2D eigenvalue weighted by Gasteiger charge is 2.17. The number of benzene rings is 2. The molecule has 0 amide bonds. The zero-order chi connectivity index (χ0) is 15.6. The van der Waals surface area contributed by atoms with E-state index in [1.54, 1.807) is 6.92 Å². The standard InChI is InChI=1S/C17H20N2O2S/c1-2-22(20,21)18-15-9-11-16(12-10-15)19-13-5-7-14-6-3-4-8-17(14)19/h3-4,6,8-12,18H,2,5,7,13H2,1H3. The Bertz CT molecular complexity index is 754. The Labute approximate surface area is 131 Å². The molecule has 1 N–H and O–H groups in total. The van der Waals surface area contributed by atoms with E-state index in [0.717, 1.165) is 25.1 Å². The lowest BCUT2D eigenvalue weighted by Crippen LogP contribution is -2.24. The first-order chi connectivity index (χ1) is 10.6. The molecule has 1 aliphatic rings. The minimum Gasteiger partial charge on any atom is -0.341 e. The molecular formula is C17H20N2O2S. The van der Waals surface area contributed by atoms with Gasteiger partial charge in [-0.1, -0.05) is 18.2 Å². The van der Waals surface area contributed by atoms with Crippen molar-refractivity contribution in [2.75, 3.05) is 21.9 Å². The summed E-state index contributed by atoms with van der Waals surface area (Å²) in [6.45, 7) is 2.61. The van der Waals surface area contributed by atoms with Gasteiger partial charge in [0.2, 0.25) is 10.0 Å². The minimum absolute atomic E-state index is 0.0776. The molecule has 5 heteroatoms. The van der Waals surface area contributed by atoms with Crippen LogP contribution in [0.25, 0.3) is 0 Å². The number of nitrogens with zero attached hydrogens (tertiary/aromatic N) is 1. The predicted octanol–water partition coefficient (Wildman–Crippen LogP) is 3.53. The Morgan fingerprint density at radius 1 is 1.09 bits per heavy atom. The van der Waals surface area contributed by atoms with Crippen LogP contribution in [0.1, 0.15) is 18.9 Å². The summed E-state index contributed by atoms with van der Waals surface area (Å²) in [6, 6.07) is 16.0. The molecule has 0 atom stereocenters. The monoisotopic (exact) mass is 316 g/mol. The second-order valence-electron chi connectivity index (χ2n) is 5.44. The Morgan fingerprint density at radius 2 is 1.82 bits per heavy atom. The van der Waals surface area contributed by atoms with Crippen LogP contribution in [-0.4, -0.2) is 20.7 Å². The summed E-state index contributed by atoms with van der Waals surface area (Å²) in [6.07, 6.45) is 2.24. The molecule has 22 heavy (non-hydrogen) atoms. The van der Waals surface area contributed by atoms with Gasteiger partial charge in [0.05, 0.1) is 5.75 Å². The van der Waals surface area contributed by atoms with Crippen molar-refractivity contribution in [3.05, 3.63) is 54.1 Å². The number of hydrogen-bond donors (Lipinski definition) is 1. The van der Waals surface area contributed by atoms with E-state index in [0.29, 0.717) is 5.69 Å². The predicted molar refractivity (Wildman–Crippen MR) is 91.3 cm³/mol. The molecular weight excluding hydrogens is 296 g/mol. The summed E-state index contributed by atoms with van der Waals surface area (Å²) in [5.41, 5.74) is 4.31. The quantitative estimate of drug-likeness (QED) is 0.938. The van der Waals surface area contributed by atoms with Crippen molar-refractivity contribution in [2.45, 2.75) is 19.8 Å².